The highest BCUT2D eigenvalue weighted by atomic mass is 16.5. The van der Waals surface area contributed by atoms with Crippen molar-refractivity contribution < 1.29 is 9.53 Å². The molecule has 2 rings (SSSR count). The maximum atomic E-state index is 11.9. The fourth-order valence-corrected chi connectivity index (χ4v) is 2.74. The van der Waals surface area contributed by atoms with E-state index in [9.17, 15) is 4.79 Å². The highest BCUT2D eigenvalue weighted by molar-refractivity contribution is 5.84. The molecule has 0 aliphatic heterocycles. The Hall–Kier alpha value is -2.24. The predicted molar refractivity (Wildman–Crippen MR) is 101 cm³/mol. The zero-order valence-electron chi connectivity index (χ0n) is 15.6. The lowest BCUT2D eigenvalue weighted by Crippen LogP contribution is -2.45. The lowest BCUT2D eigenvalue weighted by atomic mass is 10.2. The van der Waals surface area contributed by atoms with Crippen LogP contribution in [0.3, 0.4) is 0 Å². The maximum absolute atomic E-state index is 11.9. The first-order chi connectivity index (χ1) is 12.1. The topological polar surface area (TPSA) is 57.2 Å². The van der Waals surface area contributed by atoms with Gasteiger partial charge in [0.2, 0.25) is 5.91 Å². The zero-order chi connectivity index (χ0) is 18.1. The molecule has 1 amide bonds. The number of guanidine groups is 1. The molecule has 1 aliphatic carbocycles. The molecule has 0 radical (unpaired) electrons. The summed E-state index contributed by atoms with van der Waals surface area (Å²) in [5, 5.41) is 3.51. The number of hydrogen-bond donors (Lipinski definition) is 1. The molecule has 1 saturated carbocycles. The molecular weight excluding hydrogens is 316 g/mol. The molecule has 138 valence electrons. The zero-order valence-corrected chi connectivity index (χ0v) is 15.6. The number of rotatable bonds is 7. The van der Waals surface area contributed by atoms with Crippen LogP contribution < -0.4 is 10.1 Å². The summed E-state index contributed by atoms with van der Waals surface area (Å²) in [4.78, 5) is 20.0. The van der Waals surface area contributed by atoms with Gasteiger partial charge in [0.05, 0.1) is 6.54 Å². The summed E-state index contributed by atoms with van der Waals surface area (Å²) in [6.07, 6.45) is 4.83. The van der Waals surface area contributed by atoms with E-state index in [-0.39, 0.29) is 12.5 Å². The number of amides is 1. The van der Waals surface area contributed by atoms with Crippen LogP contribution in [-0.2, 0) is 4.79 Å². The molecule has 6 heteroatoms. The minimum Gasteiger partial charge on any atom is -0.492 e. The minimum absolute atomic E-state index is 0.000317. The highest BCUT2D eigenvalue weighted by Crippen LogP contribution is 2.17. The molecule has 6 nitrogen and oxygen atoms in total. The first-order valence-electron chi connectivity index (χ1n) is 8.96. The monoisotopic (exact) mass is 346 g/mol. The van der Waals surface area contributed by atoms with Crippen LogP contribution in [0.5, 0.6) is 5.75 Å². The molecule has 0 saturated heterocycles. The van der Waals surface area contributed by atoms with Crippen molar-refractivity contribution in [2.45, 2.75) is 31.7 Å². The molecule has 1 fully saturated rings. The Balaban J connectivity index is 1.89. The summed E-state index contributed by atoms with van der Waals surface area (Å²) < 4.78 is 5.76. The van der Waals surface area contributed by atoms with E-state index >= 15 is 0 Å². The summed E-state index contributed by atoms with van der Waals surface area (Å²) in [5.41, 5.74) is 0. The minimum atomic E-state index is -0.000317. The molecule has 0 atom stereocenters. The van der Waals surface area contributed by atoms with Gasteiger partial charge in [0.1, 0.15) is 18.9 Å². The second kappa shape index (κ2) is 9.91. The summed E-state index contributed by atoms with van der Waals surface area (Å²) >= 11 is 0. The molecule has 0 heterocycles. The van der Waals surface area contributed by atoms with Gasteiger partial charge >= 0.3 is 0 Å². The molecule has 0 aromatic heterocycles. The smallest absolute Gasteiger partial charge is 0.243 e. The van der Waals surface area contributed by atoms with Gasteiger partial charge in [-0.3, -0.25) is 4.79 Å². The van der Waals surface area contributed by atoms with Crippen LogP contribution >= 0.6 is 0 Å². The van der Waals surface area contributed by atoms with Crippen molar-refractivity contribution in [1.82, 2.24) is 15.1 Å². The van der Waals surface area contributed by atoms with Crippen LogP contribution in [-0.4, -0.2) is 68.5 Å². The van der Waals surface area contributed by atoms with E-state index in [0.717, 1.165) is 24.6 Å². The Morgan fingerprint density at radius 1 is 1.20 bits per heavy atom. The molecule has 25 heavy (non-hydrogen) atoms. The molecule has 0 bridgehead atoms. The van der Waals surface area contributed by atoms with Crippen molar-refractivity contribution in [2.24, 2.45) is 4.99 Å². The molecule has 0 unspecified atom stereocenters. The third-order valence-electron chi connectivity index (χ3n) is 4.35. The first-order valence-corrected chi connectivity index (χ1v) is 8.96. The van der Waals surface area contributed by atoms with Crippen molar-refractivity contribution in [3.63, 3.8) is 0 Å². The molecular formula is C19H30N4O2. The van der Waals surface area contributed by atoms with Gasteiger partial charge in [-0.1, -0.05) is 31.0 Å². The van der Waals surface area contributed by atoms with Crippen LogP contribution in [0, 0.1) is 0 Å². The molecule has 1 N–H and O–H groups in total. The van der Waals surface area contributed by atoms with Crippen molar-refractivity contribution in [3.05, 3.63) is 30.3 Å². The molecule has 1 aliphatic rings. The third kappa shape index (κ3) is 6.64. The van der Waals surface area contributed by atoms with Crippen molar-refractivity contribution >= 4 is 11.9 Å². The van der Waals surface area contributed by atoms with Gasteiger partial charge in [0.25, 0.3) is 0 Å². The SMILES string of the molecule is CN(C)C(=O)CN=C(NC1CCCC1)N(C)CCOc1ccccc1. The number of benzene rings is 1. The van der Waals surface area contributed by atoms with E-state index in [1.54, 1.807) is 19.0 Å². The summed E-state index contributed by atoms with van der Waals surface area (Å²) in [5.74, 6) is 1.64. The van der Waals surface area contributed by atoms with E-state index in [2.05, 4.69) is 10.3 Å². The van der Waals surface area contributed by atoms with E-state index in [0.29, 0.717) is 19.2 Å². The summed E-state index contributed by atoms with van der Waals surface area (Å²) in [6, 6.07) is 10.2. The Labute approximate surface area is 150 Å². The van der Waals surface area contributed by atoms with E-state index in [1.807, 2.05) is 42.3 Å². The van der Waals surface area contributed by atoms with Crippen molar-refractivity contribution in [2.75, 3.05) is 40.8 Å². The maximum Gasteiger partial charge on any atom is 0.243 e. The van der Waals surface area contributed by atoms with E-state index < -0.39 is 0 Å². The fraction of sp³-hybridized carbons (Fsp3) is 0.579. The van der Waals surface area contributed by atoms with E-state index in [4.69, 9.17) is 4.74 Å². The van der Waals surface area contributed by atoms with Gasteiger partial charge < -0.3 is 19.9 Å². The molecule has 1 aromatic rings. The molecule has 0 spiro atoms. The number of carbonyl (C=O) groups excluding carboxylic acids is 1. The summed E-state index contributed by atoms with van der Waals surface area (Å²) in [7, 11) is 5.48. The average molecular weight is 346 g/mol. The van der Waals surface area contributed by atoms with Gasteiger partial charge in [-0.15, -0.1) is 0 Å². The van der Waals surface area contributed by atoms with Gasteiger partial charge in [0.15, 0.2) is 5.96 Å². The van der Waals surface area contributed by atoms with Gasteiger partial charge in [0, 0.05) is 27.2 Å². The quantitative estimate of drug-likeness (QED) is 0.606. The number of nitrogens with zero attached hydrogens (tertiary/aromatic N) is 3. The molecule has 1 aromatic carbocycles. The number of likely N-dealkylation sites (N-methyl/N-ethyl adjacent to an activating group) is 2. The number of nitrogens with one attached hydrogen (secondary N) is 1. The lowest BCUT2D eigenvalue weighted by molar-refractivity contribution is -0.127. The van der Waals surface area contributed by atoms with Gasteiger partial charge in [-0.2, -0.15) is 0 Å². The van der Waals surface area contributed by atoms with E-state index in [1.165, 1.54) is 12.8 Å². The van der Waals surface area contributed by atoms with Gasteiger partial charge in [-0.25, -0.2) is 4.99 Å². The second-order valence-electron chi connectivity index (χ2n) is 6.64. The third-order valence-corrected chi connectivity index (χ3v) is 4.35. The van der Waals surface area contributed by atoms with Crippen molar-refractivity contribution in [3.8, 4) is 5.75 Å². The van der Waals surface area contributed by atoms with Crippen molar-refractivity contribution in [1.29, 1.82) is 0 Å². The van der Waals surface area contributed by atoms with Crippen LogP contribution in [0.2, 0.25) is 0 Å². The number of aliphatic imine (C=N–C) groups is 1. The number of ether oxygens (including phenoxy) is 1. The summed E-state index contributed by atoms with van der Waals surface area (Å²) in [6.45, 7) is 1.42. The predicted octanol–water partition coefficient (Wildman–Crippen LogP) is 1.97. The number of carbonyl (C=O) groups is 1. The Bertz CT molecular complexity index is 554. The largest absolute Gasteiger partial charge is 0.492 e. The number of hydrogen-bond acceptors (Lipinski definition) is 3. The Kier molecular flexibility index (Phi) is 7.57. The normalized spacial score (nSPS) is 15.1. The van der Waals surface area contributed by atoms with Crippen LogP contribution in [0.25, 0.3) is 0 Å². The first kappa shape index (κ1) is 19.1. The highest BCUT2D eigenvalue weighted by Gasteiger charge is 2.18. The Morgan fingerprint density at radius 3 is 2.52 bits per heavy atom. The Morgan fingerprint density at radius 2 is 1.88 bits per heavy atom. The standard InChI is InChI=1S/C19H30N4O2/c1-22(2)18(24)15-20-19(21-16-9-7-8-10-16)23(3)13-14-25-17-11-5-4-6-12-17/h4-6,11-12,16H,7-10,13-15H2,1-3H3,(H,20,21). The number of para-hydroxylation sites is 1. The van der Waals surface area contributed by atoms with Gasteiger partial charge in [-0.05, 0) is 25.0 Å². The van der Waals surface area contributed by atoms with Crippen LogP contribution in [0.1, 0.15) is 25.7 Å². The fourth-order valence-electron chi connectivity index (χ4n) is 2.74. The second-order valence-corrected chi connectivity index (χ2v) is 6.64. The average Bonchev–Trinajstić information content (AvgIpc) is 3.12. The van der Waals surface area contributed by atoms with Crippen LogP contribution in [0.4, 0.5) is 0 Å². The van der Waals surface area contributed by atoms with Crippen LogP contribution in [0.15, 0.2) is 35.3 Å². The lowest BCUT2D eigenvalue weighted by Gasteiger charge is -2.25.